The lowest BCUT2D eigenvalue weighted by Crippen LogP contribution is -2.24. The maximum atomic E-state index is 5.59. The summed E-state index contributed by atoms with van der Waals surface area (Å²) in [6.07, 6.45) is 0. The number of hydrogen-bond donors (Lipinski definition) is 2. The summed E-state index contributed by atoms with van der Waals surface area (Å²) in [6, 6.07) is 0. The summed E-state index contributed by atoms with van der Waals surface area (Å²) >= 11 is 0. The van der Waals surface area contributed by atoms with Crippen LogP contribution in [0.4, 0.5) is 0 Å². The molecule has 1 heterocycles. The summed E-state index contributed by atoms with van der Waals surface area (Å²) < 4.78 is 2.19. The van der Waals surface area contributed by atoms with Gasteiger partial charge < -0.3 is 0 Å². The number of nitrogens with two attached hydrogens (primary N) is 2. The molecule has 1 aromatic rings. The molecule has 0 fully saturated rings. The minimum Gasteiger partial charge on any atom is -0.258 e. The molecule has 0 aromatic carbocycles. The van der Waals surface area contributed by atoms with Crippen LogP contribution in [0.3, 0.4) is 0 Å². The van der Waals surface area contributed by atoms with Gasteiger partial charge in [-0.25, -0.2) is 0 Å². The first-order chi connectivity index (χ1) is 3.64. The van der Waals surface area contributed by atoms with Crippen molar-refractivity contribution in [3.05, 3.63) is 0 Å². The van der Waals surface area contributed by atoms with Gasteiger partial charge in [0.15, 0.2) is 0 Å². The van der Waals surface area contributed by atoms with Crippen molar-refractivity contribution in [1.82, 2.24) is 0 Å². The molecule has 4 N–H and O–H groups in total. The molecule has 0 atom stereocenters. The van der Waals surface area contributed by atoms with Gasteiger partial charge in [0.2, 0.25) is 0 Å². The fraction of sp³-hybridized carbons (Fsp3) is 0. The highest BCUT2D eigenvalue weighted by Gasteiger charge is 2.07. The van der Waals surface area contributed by atoms with Crippen LogP contribution in [0.2, 0.25) is 0 Å². The average Bonchev–Trinajstić information content (AvgIpc) is 1.83. The Hall–Kier alpha value is 0.694. The molecule has 0 aliphatic rings. The van der Waals surface area contributed by atoms with Crippen LogP contribution in [0.5, 0.6) is 0 Å². The highest BCUT2D eigenvalue weighted by Crippen LogP contribution is 2.27. The summed E-state index contributed by atoms with van der Waals surface area (Å²) in [6.45, 7) is 0. The zero-order valence-electron chi connectivity index (χ0n) is 4.05. The average molecular weight is 174 g/mol. The zero-order chi connectivity index (χ0) is 6.31. The van der Waals surface area contributed by atoms with Gasteiger partial charge in [0.1, 0.15) is 0 Å². The molecule has 6 radical (unpaired) electrons. The molecule has 0 bridgehead atoms. The van der Waals surface area contributed by atoms with Gasteiger partial charge >= 0.3 is 0 Å². The van der Waals surface area contributed by atoms with E-state index in [1.807, 2.05) is 0 Å². The van der Waals surface area contributed by atoms with E-state index in [0.29, 0.717) is 0 Å². The maximum Gasteiger partial charge on any atom is 0.0264 e. The molecule has 0 unspecified atom stereocenters. The molecule has 8 heavy (non-hydrogen) atoms. The molecule has 6 heteroatoms. The van der Waals surface area contributed by atoms with E-state index in [-0.39, 0.29) is 0 Å². The topological polar surface area (TPSA) is 52.0 Å². The molecule has 1 rings (SSSR count). The maximum absolute atomic E-state index is 5.59. The van der Waals surface area contributed by atoms with Crippen LogP contribution in [0.25, 0.3) is 0 Å². The lowest BCUT2D eigenvalue weighted by Gasteiger charge is -2.15. The monoisotopic (exact) mass is 174 g/mol. The lowest BCUT2D eigenvalue weighted by molar-refractivity contribution is 2.42. The summed E-state index contributed by atoms with van der Waals surface area (Å²) in [5.74, 6) is 0. The van der Waals surface area contributed by atoms with E-state index in [4.69, 9.17) is 11.0 Å². The van der Waals surface area contributed by atoms with Crippen molar-refractivity contribution in [2.75, 3.05) is 11.0 Å². The first-order valence-electron chi connectivity index (χ1n) is 1.91. The van der Waals surface area contributed by atoms with Gasteiger partial charge in [0, 0.05) is 20.5 Å². The molecule has 1 aromatic heterocycles. The van der Waals surface area contributed by atoms with E-state index in [9.17, 15) is 0 Å². The van der Waals surface area contributed by atoms with Gasteiger partial charge in [-0.15, -0.1) is 0 Å². The van der Waals surface area contributed by atoms with Crippen molar-refractivity contribution in [2.45, 2.75) is 0 Å². The first-order valence-corrected chi connectivity index (χ1v) is 5.73. The third kappa shape index (κ3) is 0.779. The van der Waals surface area contributed by atoms with Gasteiger partial charge in [0.25, 0.3) is 0 Å². The SMILES string of the molecule is Np1c([Si])[p+](N)[c-]1[Si]. The fourth-order valence-electron chi connectivity index (χ4n) is 0.388. The Balaban J connectivity index is 3.05. The lowest BCUT2D eigenvalue weighted by atomic mass is 11.8. The van der Waals surface area contributed by atoms with Gasteiger partial charge in [0.05, 0.1) is 0 Å². The van der Waals surface area contributed by atoms with E-state index < -0.39 is 15.4 Å². The van der Waals surface area contributed by atoms with Crippen LogP contribution in [0, 0.1) is 0 Å². The number of rotatable bonds is 0. The Kier molecular flexibility index (Phi) is 1.82. The van der Waals surface area contributed by atoms with Gasteiger partial charge in [-0.2, -0.15) is 0 Å². The second-order valence-electron chi connectivity index (χ2n) is 1.39. The second-order valence-corrected chi connectivity index (χ2v) is 8.04. The molecular formula is C2H4N2P2Si2. The predicted molar refractivity (Wildman–Crippen MR) is 42.9 cm³/mol. The van der Waals surface area contributed by atoms with E-state index >= 15 is 0 Å². The zero-order valence-corrected chi connectivity index (χ0v) is 7.84. The van der Waals surface area contributed by atoms with Gasteiger partial charge in [-0.05, 0) is 9.30 Å². The summed E-state index contributed by atoms with van der Waals surface area (Å²) in [4.78, 5) is 0. The van der Waals surface area contributed by atoms with Crippen molar-refractivity contribution >= 4 is 45.2 Å². The molecule has 0 amide bonds. The summed E-state index contributed by atoms with van der Waals surface area (Å²) in [7, 11) is 5.67. The molecular weight excluding hydrogens is 170 g/mol. The predicted octanol–water partition coefficient (Wildman–Crippen LogP) is -1.33. The van der Waals surface area contributed by atoms with Crippen molar-refractivity contribution in [3.8, 4) is 0 Å². The Labute approximate surface area is 56.7 Å². The van der Waals surface area contributed by atoms with E-state index in [1.54, 1.807) is 0 Å². The molecule has 0 saturated heterocycles. The first kappa shape index (κ1) is 6.81. The number of nitrogen functional groups attached to an aromatic ring is 2. The standard InChI is InChI=1S/C2H4N2P2Si2/c3-5-1(7)6(4)2(5)8/h3-4H2. The Morgan fingerprint density at radius 1 is 1.75 bits per heavy atom. The molecule has 0 aliphatic heterocycles. The third-order valence-corrected chi connectivity index (χ3v) is 8.21. The molecule has 0 saturated carbocycles. The van der Waals surface area contributed by atoms with Crippen LogP contribution in [0.1, 0.15) is 0 Å². The molecule has 0 spiro atoms. The minimum absolute atomic E-state index is 0.515. The Morgan fingerprint density at radius 3 is 2.38 bits per heavy atom. The van der Waals surface area contributed by atoms with Crippen molar-refractivity contribution < 1.29 is 0 Å². The van der Waals surface area contributed by atoms with Crippen LogP contribution in [-0.4, -0.2) is 20.5 Å². The Morgan fingerprint density at radius 2 is 2.25 bits per heavy atom. The second kappa shape index (κ2) is 2.14. The fourth-order valence-corrected chi connectivity index (χ4v) is 6.30. The van der Waals surface area contributed by atoms with Crippen LogP contribution in [-0.2, 0) is 0 Å². The Bertz CT molecular complexity index is 146. The van der Waals surface area contributed by atoms with Crippen LogP contribution < -0.4 is 20.3 Å². The van der Waals surface area contributed by atoms with Gasteiger partial charge in [-0.1, -0.05) is 15.4 Å². The smallest absolute Gasteiger partial charge is 0.0264 e. The van der Waals surface area contributed by atoms with E-state index in [0.717, 1.165) is 9.30 Å². The van der Waals surface area contributed by atoms with Gasteiger partial charge in [-0.3, -0.25) is 11.0 Å². The van der Waals surface area contributed by atoms with E-state index in [1.165, 1.54) is 0 Å². The largest absolute Gasteiger partial charge is 0.258 e. The highest BCUT2D eigenvalue weighted by atomic mass is 31.2. The summed E-state index contributed by atoms with van der Waals surface area (Å²) in [5.41, 5.74) is 11.2. The highest BCUT2D eigenvalue weighted by molar-refractivity contribution is 7.90. The van der Waals surface area contributed by atoms with Crippen LogP contribution >= 0.6 is 15.4 Å². The van der Waals surface area contributed by atoms with Crippen molar-refractivity contribution in [3.63, 3.8) is 0 Å². The van der Waals surface area contributed by atoms with E-state index in [2.05, 4.69) is 20.5 Å². The number of hydrogen-bond acceptors (Lipinski definition) is 2. The normalized spacial score (nSPS) is 15.0. The van der Waals surface area contributed by atoms with Crippen molar-refractivity contribution in [2.24, 2.45) is 0 Å². The quantitative estimate of drug-likeness (QED) is 0.378. The molecule has 40 valence electrons. The molecule has 2 nitrogen and oxygen atoms in total. The minimum atomic E-state index is -0.515. The molecule has 0 aliphatic carbocycles. The summed E-state index contributed by atoms with van der Waals surface area (Å²) in [5, 5.41) is 0. The third-order valence-electron chi connectivity index (χ3n) is 0.913. The van der Waals surface area contributed by atoms with Crippen molar-refractivity contribution in [1.29, 1.82) is 0 Å². The van der Waals surface area contributed by atoms with Crippen LogP contribution in [0.15, 0.2) is 0 Å².